The lowest BCUT2D eigenvalue weighted by atomic mass is 9.76. The van der Waals surface area contributed by atoms with Gasteiger partial charge in [-0.3, -0.25) is 4.79 Å². The maximum Gasteiger partial charge on any atom is 0.222 e. The van der Waals surface area contributed by atoms with E-state index in [1.54, 1.807) is 12.1 Å². The second-order valence-corrected chi connectivity index (χ2v) is 8.23. The first-order valence-corrected chi connectivity index (χ1v) is 9.58. The monoisotopic (exact) mass is 395 g/mol. The fourth-order valence-electron chi connectivity index (χ4n) is 4.23. The summed E-state index contributed by atoms with van der Waals surface area (Å²) in [7, 11) is 0. The van der Waals surface area contributed by atoms with E-state index >= 15 is 0 Å². The molecule has 0 aromatic heterocycles. The van der Waals surface area contributed by atoms with Gasteiger partial charge in [0, 0.05) is 13.1 Å². The highest BCUT2D eigenvalue weighted by atomic mass is 32.1. The molecule has 1 aromatic rings. The zero-order chi connectivity index (χ0) is 19.9. The molecule has 1 heterocycles. The fourth-order valence-corrected chi connectivity index (χ4v) is 4.62. The molecule has 6 nitrogen and oxygen atoms in total. The van der Waals surface area contributed by atoms with Crippen molar-refractivity contribution < 1.29 is 19.4 Å². The molecule has 1 saturated heterocycles. The van der Waals surface area contributed by atoms with Crippen LogP contribution in [0.4, 0.5) is 4.39 Å². The molecular weight excluding hydrogens is 369 g/mol. The number of hydrogen-bond acceptors (Lipinski definition) is 4. The second kappa shape index (κ2) is 7.69. The van der Waals surface area contributed by atoms with Gasteiger partial charge in [-0.2, -0.15) is 0 Å². The molecule has 1 amide bonds. The number of rotatable bonds is 5. The van der Waals surface area contributed by atoms with Crippen molar-refractivity contribution in [2.75, 3.05) is 6.54 Å². The SMILES string of the molecule is CC(C)CN1C(=S)N(Cc2ccc(F)cc2)[C@H]2[C@@H](O)[C@H](O)C[C@@H](C(N)=O)[C@@H]21. The van der Waals surface area contributed by atoms with Gasteiger partial charge in [-0.15, -0.1) is 0 Å². The van der Waals surface area contributed by atoms with E-state index in [-0.39, 0.29) is 18.2 Å². The molecule has 1 aromatic carbocycles. The van der Waals surface area contributed by atoms with Crippen LogP contribution in [-0.2, 0) is 11.3 Å². The Balaban J connectivity index is 1.98. The minimum Gasteiger partial charge on any atom is -0.390 e. The molecule has 148 valence electrons. The van der Waals surface area contributed by atoms with Crippen LogP contribution in [0.2, 0.25) is 0 Å². The third kappa shape index (κ3) is 3.79. The van der Waals surface area contributed by atoms with E-state index in [1.165, 1.54) is 12.1 Å². The number of hydrogen-bond donors (Lipinski definition) is 3. The number of amides is 1. The average molecular weight is 396 g/mol. The number of primary amides is 1. The van der Waals surface area contributed by atoms with Crippen molar-refractivity contribution in [1.29, 1.82) is 0 Å². The highest BCUT2D eigenvalue weighted by molar-refractivity contribution is 7.80. The molecule has 1 aliphatic carbocycles. The fraction of sp³-hybridized carbons (Fsp3) is 0.579. The summed E-state index contributed by atoms with van der Waals surface area (Å²) in [6, 6.07) is 5.12. The number of aliphatic hydroxyl groups excluding tert-OH is 2. The number of fused-ring (bicyclic) bond motifs is 1. The Morgan fingerprint density at radius 3 is 2.44 bits per heavy atom. The molecule has 4 N–H and O–H groups in total. The van der Waals surface area contributed by atoms with Crippen molar-refractivity contribution in [1.82, 2.24) is 9.80 Å². The van der Waals surface area contributed by atoms with E-state index in [4.69, 9.17) is 18.0 Å². The third-order valence-electron chi connectivity index (χ3n) is 5.41. The van der Waals surface area contributed by atoms with Gasteiger partial charge in [-0.1, -0.05) is 26.0 Å². The summed E-state index contributed by atoms with van der Waals surface area (Å²) in [5.41, 5.74) is 6.45. The molecule has 5 atom stereocenters. The quantitative estimate of drug-likeness (QED) is 0.641. The molecule has 0 spiro atoms. The number of aliphatic hydroxyl groups is 2. The summed E-state index contributed by atoms with van der Waals surface area (Å²) < 4.78 is 13.2. The van der Waals surface area contributed by atoms with Gasteiger partial charge in [0.1, 0.15) is 11.9 Å². The van der Waals surface area contributed by atoms with Crippen molar-refractivity contribution in [3.8, 4) is 0 Å². The smallest absolute Gasteiger partial charge is 0.222 e. The van der Waals surface area contributed by atoms with E-state index in [2.05, 4.69) is 0 Å². The molecule has 0 radical (unpaired) electrons. The van der Waals surface area contributed by atoms with Crippen molar-refractivity contribution in [2.45, 2.75) is 51.1 Å². The van der Waals surface area contributed by atoms with Crippen LogP contribution in [0, 0.1) is 17.7 Å². The number of nitrogens with zero attached hydrogens (tertiary/aromatic N) is 2. The van der Waals surface area contributed by atoms with Crippen LogP contribution in [0.25, 0.3) is 0 Å². The Bertz CT molecular complexity index is 715. The lowest BCUT2D eigenvalue weighted by molar-refractivity contribution is -0.133. The second-order valence-electron chi connectivity index (χ2n) is 7.87. The van der Waals surface area contributed by atoms with Crippen molar-refractivity contribution >= 4 is 23.2 Å². The predicted molar refractivity (Wildman–Crippen MR) is 103 cm³/mol. The topological polar surface area (TPSA) is 90.0 Å². The van der Waals surface area contributed by atoms with E-state index < -0.39 is 36.1 Å². The summed E-state index contributed by atoms with van der Waals surface area (Å²) in [4.78, 5) is 15.9. The number of carbonyl (C=O) groups excluding carboxylic acids is 1. The first-order valence-electron chi connectivity index (χ1n) is 9.17. The van der Waals surface area contributed by atoms with Gasteiger partial charge in [0.05, 0.1) is 24.1 Å². The van der Waals surface area contributed by atoms with Crippen LogP contribution in [0.5, 0.6) is 0 Å². The number of thiocarbonyl (C=S) groups is 1. The molecule has 2 fully saturated rings. The third-order valence-corrected chi connectivity index (χ3v) is 5.88. The lowest BCUT2D eigenvalue weighted by Crippen LogP contribution is -2.61. The van der Waals surface area contributed by atoms with Crippen LogP contribution in [0.15, 0.2) is 24.3 Å². The van der Waals surface area contributed by atoms with Gasteiger partial charge >= 0.3 is 0 Å². The maximum atomic E-state index is 13.2. The molecule has 1 aliphatic heterocycles. The summed E-state index contributed by atoms with van der Waals surface area (Å²) in [5, 5.41) is 21.6. The lowest BCUT2D eigenvalue weighted by Gasteiger charge is -2.42. The Hall–Kier alpha value is -1.77. The van der Waals surface area contributed by atoms with Crippen LogP contribution in [-0.4, -0.2) is 61.9 Å². The summed E-state index contributed by atoms with van der Waals surface area (Å²) in [5.74, 6) is -1.16. The average Bonchev–Trinajstić information content (AvgIpc) is 2.85. The van der Waals surface area contributed by atoms with Gasteiger partial charge in [-0.05, 0) is 42.3 Å². The van der Waals surface area contributed by atoms with E-state index in [0.717, 1.165) is 5.56 Å². The molecule has 3 rings (SSSR count). The minimum absolute atomic E-state index is 0.110. The van der Waals surface area contributed by atoms with Crippen molar-refractivity contribution in [3.63, 3.8) is 0 Å². The van der Waals surface area contributed by atoms with Crippen LogP contribution in [0.3, 0.4) is 0 Å². The summed E-state index contributed by atoms with van der Waals surface area (Å²) in [6.45, 7) is 5.07. The van der Waals surface area contributed by atoms with Gasteiger partial charge in [0.2, 0.25) is 5.91 Å². The number of halogens is 1. The van der Waals surface area contributed by atoms with Crippen LogP contribution in [0.1, 0.15) is 25.8 Å². The Morgan fingerprint density at radius 2 is 1.89 bits per heavy atom. The first kappa shape index (κ1) is 20.0. The highest BCUT2D eigenvalue weighted by Crippen LogP contribution is 2.39. The van der Waals surface area contributed by atoms with Gasteiger partial charge in [0.15, 0.2) is 5.11 Å². The van der Waals surface area contributed by atoms with E-state index in [1.807, 2.05) is 23.6 Å². The molecule has 2 aliphatic rings. The summed E-state index contributed by atoms with van der Waals surface area (Å²) in [6.07, 6.45) is -2.00. The Morgan fingerprint density at radius 1 is 1.26 bits per heavy atom. The zero-order valence-corrected chi connectivity index (χ0v) is 16.3. The van der Waals surface area contributed by atoms with Gasteiger partial charge in [-0.25, -0.2) is 4.39 Å². The Kier molecular flexibility index (Phi) is 5.69. The zero-order valence-electron chi connectivity index (χ0n) is 15.5. The molecule has 27 heavy (non-hydrogen) atoms. The first-order chi connectivity index (χ1) is 12.7. The number of benzene rings is 1. The van der Waals surface area contributed by atoms with E-state index in [9.17, 15) is 19.4 Å². The molecule has 1 saturated carbocycles. The van der Waals surface area contributed by atoms with Crippen molar-refractivity contribution in [3.05, 3.63) is 35.6 Å². The largest absolute Gasteiger partial charge is 0.390 e. The van der Waals surface area contributed by atoms with Gasteiger partial charge in [0.25, 0.3) is 0 Å². The molecular formula is C19H26FN3O3S. The van der Waals surface area contributed by atoms with Gasteiger partial charge < -0.3 is 25.7 Å². The Labute approximate surface area is 163 Å². The maximum absolute atomic E-state index is 13.2. The molecule has 0 unspecified atom stereocenters. The van der Waals surface area contributed by atoms with Crippen LogP contribution >= 0.6 is 12.2 Å². The standard InChI is InChI=1S/C19H26FN3O3S/c1-10(2)8-22-15-13(18(21)26)7-14(24)17(25)16(15)23(19(22)27)9-11-3-5-12(20)6-4-11/h3-6,10,13-17,24-25H,7-9H2,1-2H3,(H2,21,26)/t13-,14-,15+,16-,17+/m1/s1. The van der Waals surface area contributed by atoms with E-state index in [0.29, 0.717) is 18.2 Å². The van der Waals surface area contributed by atoms with Crippen LogP contribution < -0.4 is 5.73 Å². The molecule has 0 bridgehead atoms. The minimum atomic E-state index is -1.05. The summed E-state index contributed by atoms with van der Waals surface area (Å²) >= 11 is 5.68. The highest BCUT2D eigenvalue weighted by Gasteiger charge is 2.56. The predicted octanol–water partition coefficient (Wildman–Crippen LogP) is 0.848. The normalized spacial score (nSPS) is 30.7. The van der Waals surface area contributed by atoms with Crippen molar-refractivity contribution in [2.24, 2.45) is 17.6 Å². The molecule has 8 heteroatoms. The number of carbonyl (C=O) groups is 1. The number of nitrogens with two attached hydrogens (primary N) is 1.